The Morgan fingerprint density at radius 3 is 3.19 bits per heavy atom. The van der Waals surface area contributed by atoms with Crippen molar-refractivity contribution < 1.29 is 19.5 Å². The zero-order valence-electron chi connectivity index (χ0n) is 11.6. The minimum absolute atomic E-state index is 0.566. The zero-order chi connectivity index (χ0) is 15.1. The Labute approximate surface area is 122 Å². The van der Waals surface area contributed by atoms with Crippen molar-refractivity contribution in [2.24, 2.45) is 5.16 Å². The number of hydrogen-bond acceptors (Lipinski definition) is 6. The molecule has 0 saturated heterocycles. The van der Waals surface area contributed by atoms with Crippen molar-refractivity contribution in [2.45, 2.75) is 12.6 Å². The van der Waals surface area contributed by atoms with Crippen LogP contribution in [-0.4, -0.2) is 37.4 Å². The summed E-state index contributed by atoms with van der Waals surface area (Å²) >= 11 is 0. The first-order chi connectivity index (χ1) is 10.2. The maximum Gasteiger partial charge on any atom is 0.413 e. The number of anilines is 1. The Kier molecular flexibility index (Phi) is 5.16. The number of carbonyl (C=O) groups is 1. The predicted octanol–water partition coefficient (Wildman–Crippen LogP) is 1.95. The molecule has 7 heteroatoms. The third-order valence-electron chi connectivity index (χ3n) is 2.90. The van der Waals surface area contributed by atoms with Crippen LogP contribution in [0.1, 0.15) is 6.42 Å². The lowest BCUT2D eigenvalue weighted by atomic mass is 10.1. The number of nitrogens with zero attached hydrogens (tertiary/aromatic N) is 1. The Morgan fingerprint density at radius 2 is 2.43 bits per heavy atom. The fraction of sp³-hybridized carbons (Fsp3) is 0.286. The molecule has 1 aliphatic heterocycles. The van der Waals surface area contributed by atoms with E-state index in [0.717, 1.165) is 6.42 Å². The van der Waals surface area contributed by atoms with E-state index in [2.05, 4.69) is 15.8 Å². The molecular formula is C14H17N3O4. The zero-order valence-corrected chi connectivity index (χ0v) is 11.6. The number of carbonyl (C=O) groups excluding carboxylic acids is 1. The van der Waals surface area contributed by atoms with Gasteiger partial charge in [-0.2, -0.15) is 0 Å². The number of ether oxygens (including phenoxy) is 2. The molecule has 0 spiro atoms. The second-order valence-electron chi connectivity index (χ2n) is 4.33. The smallest absolute Gasteiger partial charge is 0.413 e. The van der Waals surface area contributed by atoms with Crippen LogP contribution in [0.5, 0.6) is 5.75 Å². The quantitative estimate of drug-likeness (QED) is 0.448. The van der Waals surface area contributed by atoms with Crippen LogP contribution in [0.15, 0.2) is 41.1 Å². The highest BCUT2D eigenvalue weighted by molar-refractivity contribution is 5.86. The van der Waals surface area contributed by atoms with Gasteiger partial charge in [-0.25, -0.2) is 4.79 Å². The number of oxime groups is 1. The average Bonchev–Trinajstić information content (AvgIpc) is 2.49. The second-order valence-corrected chi connectivity index (χ2v) is 4.33. The van der Waals surface area contributed by atoms with Gasteiger partial charge in [-0.05, 0) is 18.6 Å². The molecule has 1 heterocycles. The lowest BCUT2D eigenvalue weighted by Crippen LogP contribution is -2.40. The van der Waals surface area contributed by atoms with E-state index in [1.54, 1.807) is 31.4 Å². The topological polar surface area (TPSA) is 92.2 Å². The van der Waals surface area contributed by atoms with Crippen LogP contribution in [0.4, 0.5) is 10.5 Å². The van der Waals surface area contributed by atoms with Gasteiger partial charge in [0.05, 0.1) is 13.3 Å². The van der Waals surface area contributed by atoms with Gasteiger partial charge in [0.1, 0.15) is 5.75 Å². The van der Waals surface area contributed by atoms with Gasteiger partial charge in [-0.1, -0.05) is 17.3 Å². The summed E-state index contributed by atoms with van der Waals surface area (Å²) in [5.41, 5.74) is 1.17. The number of hydrogen-bond donors (Lipinski definition) is 3. The molecule has 1 aromatic carbocycles. The summed E-state index contributed by atoms with van der Waals surface area (Å²) in [6.07, 6.45) is 2.62. The summed E-state index contributed by atoms with van der Waals surface area (Å²) in [6.45, 7) is 0.680. The molecule has 2 rings (SSSR count). The van der Waals surface area contributed by atoms with Crippen LogP contribution < -0.4 is 15.4 Å². The molecule has 0 aromatic heterocycles. The highest BCUT2D eigenvalue weighted by Crippen LogP contribution is 2.17. The fourth-order valence-corrected chi connectivity index (χ4v) is 1.93. The molecule has 7 nitrogen and oxygen atoms in total. The van der Waals surface area contributed by atoms with E-state index in [-0.39, 0.29) is 0 Å². The first-order valence-electron chi connectivity index (χ1n) is 6.45. The number of nitrogens with one attached hydrogen (secondary N) is 2. The molecule has 0 aliphatic carbocycles. The van der Waals surface area contributed by atoms with E-state index in [1.807, 2.05) is 6.08 Å². The summed E-state index contributed by atoms with van der Waals surface area (Å²) in [6, 6.07) is 6.94. The molecule has 1 amide bonds. The molecule has 0 fully saturated rings. The highest BCUT2D eigenvalue weighted by Gasteiger charge is 2.20. The third-order valence-corrected chi connectivity index (χ3v) is 2.90. The van der Waals surface area contributed by atoms with Crippen molar-refractivity contribution in [3.05, 3.63) is 35.9 Å². The van der Waals surface area contributed by atoms with Crippen LogP contribution in [0, 0.1) is 0 Å². The Bertz CT molecular complexity index is 557. The van der Waals surface area contributed by atoms with Crippen LogP contribution in [-0.2, 0) is 4.74 Å². The largest absolute Gasteiger partial charge is 0.497 e. The first kappa shape index (κ1) is 14.9. The monoisotopic (exact) mass is 291 g/mol. The van der Waals surface area contributed by atoms with E-state index < -0.39 is 12.3 Å². The molecule has 21 heavy (non-hydrogen) atoms. The van der Waals surface area contributed by atoms with E-state index in [4.69, 9.17) is 14.7 Å². The second kappa shape index (κ2) is 7.30. The van der Waals surface area contributed by atoms with Gasteiger partial charge in [-0.15, -0.1) is 0 Å². The van der Waals surface area contributed by atoms with Gasteiger partial charge in [0.25, 0.3) is 0 Å². The molecule has 112 valence electrons. The van der Waals surface area contributed by atoms with Gasteiger partial charge in [0, 0.05) is 23.9 Å². The van der Waals surface area contributed by atoms with E-state index >= 15 is 0 Å². The van der Waals surface area contributed by atoms with Crippen molar-refractivity contribution in [2.75, 3.05) is 19.0 Å². The van der Waals surface area contributed by atoms with Gasteiger partial charge < -0.3 is 14.7 Å². The number of benzene rings is 1. The van der Waals surface area contributed by atoms with Crippen molar-refractivity contribution >= 4 is 18.0 Å². The summed E-state index contributed by atoms with van der Waals surface area (Å²) in [5.74, 6) is 0.636. The molecule has 1 unspecified atom stereocenters. The Hall–Kier alpha value is -2.54. The first-order valence-corrected chi connectivity index (χ1v) is 6.45. The molecule has 1 aliphatic rings. The summed E-state index contributed by atoms with van der Waals surface area (Å²) in [5, 5.41) is 17.2. The van der Waals surface area contributed by atoms with E-state index in [9.17, 15) is 4.79 Å². The minimum Gasteiger partial charge on any atom is -0.497 e. The lowest BCUT2D eigenvalue weighted by molar-refractivity contribution is 0.111. The molecule has 0 bridgehead atoms. The van der Waals surface area contributed by atoms with Crippen molar-refractivity contribution in [1.82, 2.24) is 5.32 Å². The fourth-order valence-electron chi connectivity index (χ4n) is 1.93. The summed E-state index contributed by atoms with van der Waals surface area (Å²) in [4.78, 5) is 11.9. The van der Waals surface area contributed by atoms with Gasteiger partial charge >= 0.3 is 6.09 Å². The average molecular weight is 291 g/mol. The normalized spacial score (nSPS) is 18.1. The van der Waals surface area contributed by atoms with Gasteiger partial charge in [0.15, 0.2) is 6.23 Å². The van der Waals surface area contributed by atoms with Crippen molar-refractivity contribution in [1.29, 1.82) is 0 Å². The minimum atomic E-state index is -0.639. The summed E-state index contributed by atoms with van der Waals surface area (Å²) in [7, 11) is 1.55. The van der Waals surface area contributed by atoms with E-state index in [0.29, 0.717) is 23.6 Å². The third kappa shape index (κ3) is 4.22. The highest BCUT2D eigenvalue weighted by atomic mass is 16.6. The molecular weight excluding hydrogens is 274 g/mol. The molecule has 0 radical (unpaired) electrons. The van der Waals surface area contributed by atoms with Crippen LogP contribution in [0.3, 0.4) is 0 Å². The molecule has 3 N–H and O–H groups in total. The predicted molar refractivity (Wildman–Crippen MR) is 77.9 cm³/mol. The van der Waals surface area contributed by atoms with Crippen molar-refractivity contribution in [3.63, 3.8) is 0 Å². The maximum atomic E-state index is 11.9. The number of amides is 1. The molecule has 1 atom stereocenters. The molecule has 1 aromatic rings. The SMILES string of the molecule is COc1cccc(NC(=O)OC2NCCC=C2C=NO)c1. The van der Waals surface area contributed by atoms with Crippen molar-refractivity contribution in [3.8, 4) is 5.75 Å². The number of methoxy groups -OCH3 is 1. The van der Waals surface area contributed by atoms with Crippen LogP contribution in [0.25, 0.3) is 0 Å². The van der Waals surface area contributed by atoms with Gasteiger partial charge in [-0.3, -0.25) is 10.6 Å². The number of rotatable bonds is 4. The van der Waals surface area contributed by atoms with Crippen LogP contribution >= 0.6 is 0 Å². The molecule has 0 saturated carbocycles. The van der Waals surface area contributed by atoms with Gasteiger partial charge in [0.2, 0.25) is 0 Å². The Morgan fingerprint density at radius 1 is 1.57 bits per heavy atom. The van der Waals surface area contributed by atoms with Crippen LogP contribution in [0.2, 0.25) is 0 Å². The maximum absolute atomic E-state index is 11.9. The summed E-state index contributed by atoms with van der Waals surface area (Å²) < 4.78 is 10.3. The Balaban J connectivity index is 1.97. The van der Waals surface area contributed by atoms with E-state index in [1.165, 1.54) is 6.21 Å². The standard InChI is InChI=1S/C14H17N3O4/c1-20-12-6-2-5-11(8-12)17-14(18)21-13-10(9-16-19)4-3-7-15-13/h2,4-6,8-9,13,15,19H,3,7H2,1H3,(H,17,18). The lowest BCUT2D eigenvalue weighted by Gasteiger charge is -2.23.